The number of hydrogen-bond acceptors (Lipinski definition) is 4. The fourth-order valence-corrected chi connectivity index (χ4v) is 4.56. The number of carbonyl (C=O) groups is 1. The lowest BCUT2D eigenvalue weighted by atomic mass is 10.2. The van der Waals surface area contributed by atoms with Crippen molar-refractivity contribution in [2.24, 2.45) is 0 Å². The number of halogens is 1. The van der Waals surface area contributed by atoms with Crippen molar-refractivity contribution in [2.45, 2.75) is 9.79 Å². The van der Waals surface area contributed by atoms with Crippen LogP contribution in [0, 0.1) is 0 Å². The Kier molecular flexibility index (Phi) is 4.25. The van der Waals surface area contributed by atoms with Gasteiger partial charge in [0.15, 0.2) is 5.76 Å². The van der Waals surface area contributed by atoms with Crippen molar-refractivity contribution < 1.29 is 17.6 Å². The molecule has 0 aliphatic heterocycles. The summed E-state index contributed by atoms with van der Waals surface area (Å²) in [5, 5.41) is 3.36. The summed E-state index contributed by atoms with van der Waals surface area (Å²) >= 11 is 6.07. The Labute approximate surface area is 159 Å². The molecule has 0 unspecified atom stereocenters. The quantitative estimate of drug-likeness (QED) is 0.527. The summed E-state index contributed by atoms with van der Waals surface area (Å²) in [5.41, 5.74) is 0.531. The molecule has 0 atom stereocenters. The monoisotopic (exact) mass is 400 g/mol. The molecule has 0 fully saturated rings. The smallest absolute Gasteiger partial charge is 0.292 e. The van der Waals surface area contributed by atoms with Crippen molar-refractivity contribution in [2.75, 3.05) is 5.32 Å². The lowest BCUT2D eigenvalue weighted by Gasteiger charge is -2.08. The molecule has 0 aliphatic rings. The number of furan rings is 1. The van der Waals surface area contributed by atoms with Gasteiger partial charge in [0.05, 0.1) is 11.2 Å². The highest BCUT2D eigenvalue weighted by atomic mass is 35.5. The van der Waals surface area contributed by atoms with Crippen LogP contribution in [-0.4, -0.2) is 19.3 Å². The third kappa shape index (κ3) is 3.11. The first kappa shape index (κ1) is 17.4. The van der Waals surface area contributed by atoms with Crippen molar-refractivity contribution in [3.05, 3.63) is 77.7 Å². The highest BCUT2D eigenvalue weighted by Crippen LogP contribution is 2.36. The standard InChI is InChI=1S/C19H13ClN2O4S/c20-12-8-9-15-14(11-12)17(27(24,25)13-5-2-1-3-6-13)18(21-15)22-19(23)16-7-4-10-26-16/h1-11,21H,(H,22,23). The van der Waals surface area contributed by atoms with Gasteiger partial charge in [0.25, 0.3) is 5.91 Å². The lowest BCUT2D eigenvalue weighted by molar-refractivity contribution is 0.0996. The van der Waals surface area contributed by atoms with E-state index >= 15 is 0 Å². The van der Waals surface area contributed by atoms with E-state index in [1.54, 1.807) is 42.5 Å². The molecule has 4 aromatic rings. The second-order valence-corrected chi connectivity index (χ2v) is 8.09. The predicted molar refractivity (Wildman–Crippen MR) is 102 cm³/mol. The van der Waals surface area contributed by atoms with Crippen molar-refractivity contribution in [1.82, 2.24) is 4.98 Å². The zero-order valence-corrected chi connectivity index (χ0v) is 15.3. The minimum Gasteiger partial charge on any atom is -0.459 e. The van der Waals surface area contributed by atoms with E-state index in [0.29, 0.717) is 15.9 Å². The molecule has 136 valence electrons. The number of hydrogen-bond donors (Lipinski definition) is 2. The molecule has 0 saturated carbocycles. The Balaban J connectivity index is 1.92. The van der Waals surface area contributed by atoms with Crippen LogP contribution in [0.5, 0.6) is 0 Å². The number of sulfone groups is 1. The zero-order chi connectivity index (χ0) is 19.0. The van der Waals surface area contributed by atoms with E-state index in [9.17, 15) is 13.2 Å². The van der Waals surface area contributed by atoms with Gasteiger partial charge in [0.2, 0.25) is 9.84 Å². The number of anilines is 1. The minimum atomic E-state index is -3.92. The van der Waals surface area contributed by atoms with Gasteiger partial charge in [-0.15, -0.1) is 0 Å². The molecule has 0 spiro atoms. The molecule has 0 saturated heterocycles. The van der Waals surface area contributed by atoms with Crippen LogP contribution in [0.15, 0.2) is 81.1 Å². The molecule has 0 bridgehead atoms. The number of benzene rings is 2. The van der Waals surface area contributed by atoms with E-state index in [0.717, 1.165) is 0 Å². The molecule has 4 rings (SSSR count). The Morgan fingerprint density at radius 3 is 2.52 bits per heavy atom. The molecule has 8 heteroatoms. The van der Waals surface area contributed by atoms with Crippen molar-refractivity contribution in [3.8, 4) is 0 Å². The SMILES string of the molecule is O=C(Nc1[nH]c2ccc(Cl)cc2c1S(=O)(=O)c1ccccc1)c1ccco1. The fourth-order valence-electron chi connectivity index (χ4n) is 2.81. The van der Waals surface area contributed by atoms with Gasteiger partial charge in [-0.25, -0.2) is 8.42 Å². The number of nitrogens with one attached hydrogen (secondary N) is 2. The number of rotatable bonds is 4. The molecule has 6 nitrogen and oxygen atoms in total. The van der Waals surface area contributed by atoms with Gasteiger partial charge >= 0.3 is 0 Å². The lowest BCUT2D eigenvalue weighted by Crippen LogP contribution is -2.14. The maximum Gasteiger partial charge on any atom is 0.292 e. The first-order chi connectivity index (χ1) is 13.0. The van der Waals surface area contributed by atoms with Gasteiger partial charge in [0, 0.05) is 15.9 Å². The number of carbonyl (C=O) groups excluding carboxylic acids is 1. The van der Waals surface area contributed by atoms with Crippen molar-refractivity contribution >= 4 is 44.1 Å². The normalized spacial score (nSPS) is 11.6. The molecular weight excluding hydrogens is 388 g/mol. The van der Waals surface area contributed by atoms with Crippen LogP contribution in [0.2, 0.25) is 5.02 Å². The molecule has 2 aromatic heterocycles. The van der Waals surface area contributed by atoms with Crippen LogP contribution >= 0.6 is 11.6 Å². The fraction of sp³-hybridized carbons (Fsp3) is 0. The molecule has 0 radical (unpaired) electrons. The first-order valence-corrected chi connectivity index (χ1v) is 9.79. The summed E-state index contributed by atoms with van der Waals surface area (Å²) in [6.45, 7) is 0. The molecule has 27 heavy (non-hydrogen) atoms. The molecule has 2 heterocycles. The van der Waals surface area contributed by atoms with Crippen LogP contribution in [0.1, 0.15) is 10.6 Å². The minimum absolute atomic E-state index is 0.0499. The zero-order valence-electron chi connectivity index (χ0n) is 13.8. The van der Waals surface area contributed by atoms with Crippen molar-refractivity contribution in [3.63, 3.8) is 0 Å². The van der Waals surface area contributed by atoms with Crippen LogP contribution in [-0.2, 0) is 9.84 Å². The average molecular weight is 401 g/mol. The summed E-state index contributed by atoms with van der Waals surface area (Å²) in [7, 11) is -3.92. The number of amides is 1. The average Bonchev–Trinajstić information content (AvgIpc) is 3.30. The summed E-state index contributed by atoms with van der Waals surface area (Å²) in [4.78, 5) is 15.4. The number of H-pyrrole nitrogens is 1. The molecule has 0 aliphatic carbocycles. The van der Waals surface area contributed by atoms with Gasteiger partial charge in [-0.2, -0.15) is 0 Å². The number of aromatic nitrogens is 1. The van der Waals surface area contributed by atoms with Crippen LogP contribution in [0.3, 0.4) is 0 Å². The van der Waals surface area contributed by atoms with E-state index in [4.69, 9.17) is 16.0 Å². The molecular formula is C19H13ClN2O4S. The van der Waals surface area contributed by atoms with E-state index in [2.05, 4.69) is 10.3 Å². The summed E-state index contributed by atoms with van der Waals surface area (Å²) < 4.78 is 31.6. The molecule has 2 aromatic carbocycles. The van der Waals surface area contributed by atoms with Crippen LogP contribution in [0.4, 0.5) is 5.82 Å². The van der Waals surface area contributed by atoms with Gasteiger partial charge in [-0.3, -0.25) is 4.79 Å². The predicted octanol–water partition coefficient (Wildman–Crippen LogP) is 4.50. The largest absolute Gasteiger partial charge is 0.459 e. The Morgan fingerprint density at radius 2 is 1.81 bits per heavy atom. The summed E-state index contributed by atoms with van der Waals surface area (Å²) in [6, 6.07) is 15.9. The maximum atomic E-state index is 13.3. The maximum absolute atomic E-state index is 13.3. The molecule has 1 amide bonds. The van der Waals surface area contributed by atoms with Gasteiger partial charge in [-0.1, -0.05) is 29.8 Å². The highest BCUT2D eigenvalue weighted by Gasteiger charge is 2.28. The second kappa shape index (κ2) is 6.61. The van der Waals surface area contributed by atoms with Crippen LogP contribution in [0.25, 0.3) is 10.9 Å². The van der Waals surface area contributed by atoms with Gasteiger partial charge < -0.3 is 14.7 Å². The Morgan fingerprint density at radius 1 is 1.04 bits per heavy atom. The van der Waals surface area contributed by atoms with Gasteiger partial charge in [0.1, 0.15) is 10.7 Å². The van der Waals surface area contributed by atoms with E-state index in [1.165, 1.54) is 24.5 Å². The topological polar surface area (TPSA) is 92.2 Å². The summed E-state index contributed by atoms with van der Waals surface area (Å²) in [5.74, 6) is -0.450. The third-order valence-electron chi connectivity index (χ3n) is 4.02. The molecule has 2 N–H and O–H groups in total. The first-order valence-electron chi connectivity index (χ1n) is 7.93. The number of fused-ring (bicyclic) bond motifs is 1. The summed E-state index contributed by atoms with van der Waals surface area (Å²) in [6.07, 6.45) is 1.36. The third-order valence-corrected chi connectivity index (χ3v) is 6.11. The van der Waals surface area contributed by atoms with Crippen LogP contribution < -0.4 is 5.32 Å². The van der Waals surface area contributed by atoms with Gasteiger partial charge in [-0.05, 0) is 42.5 Å². The van der Waals surface area contributed by atoms with Crippen molar-refractivity contribution in [1.29, 1.82) is 0 Å². The Bertz CT molecular complexity index is 1230. The number of aromatic amines is 1. The Hall–Kier alpha value is -3.03. The second-order valence-electron chi connectivity index (χ2n) is 5.77. The highest BCUT2D eigenvalue weighted by molar-refractivity contribution is 7.92. The van der Waals surface area contributed by atoms with E-state index in [-0.39, 0.29) is 21.4 Å². The van der Waals surface area contributed by atoms with E-state index < -0.39 is 15.7 Å². The van der Waals surface area contributed by atoms with E-state index in [1.807, 2.05) is 0 Å².